The second-order valence-corrected chi connectivity index (χ2v) is 9.48. The molecule has 2 aromatic carbocycles. The summed E-state index contributed by atoms with van der Waals surface area (Å²) in [4.78, 5) is 17.3. The van der Waals surface area contributed by atoms with Crippen molar-refractivity contribution < 1.29 is 17.6 Å². The molecule has 1 saturated heterocycles. The molecule has 1 amide bonds. The predicted octanol–water partition coefficient (Wildman–Crippen LogP) is 4.21. The molecule has 30 heavy (non-hydrogen) atoms. The fraction of sp³-hybridized carbons (Fsp3) is 0.364. The normalized spacial score (nSPS) is 17.9. The lowest BCUT2D eigenvalue weighted by Gasteiger charge is -2.32. The predicted molar refractivity (Wildman–Crippen MR) is 115 cm³/mol. The first-order valence-corrected chi connectivity index (χ1v) is 11.6. The molecule has 8 heteroatoms. The molecule has 0 spiro atoms. The molecule has 1 fully saturated rings. The lowest BCUT2D eigenvalue weighted by molar-refractivity contribution is 0.102. The maximum Gasteiger partial charge on any atom is 0.255 e. The molecule has 1 aliphatic heterocycles. The molecule has 4 rings (SSSR count). The summed E-state index contributed by atoms with van der Waals surface area (Å²) in [6.45, 7) is 4.40. The number of rotatable bonds is 5. The van der Waals surface area contributed by atoms with Crippen LogP contribution in [-0.2, 0) is 16.4 Å². The highest BCUT2D eigenvalue weighted by Crippen LogP contribution is 2.26. The van der Waals surface area contributed by atoms with Crippen LogP contribution in [0.2, 0.25) is 0 Å². The van der Waals surface area contributed by atoms with E-state index in [-0.39, 0.29) is 22.4 Å². The summed E-state index contributed by atoms with van der Waals surface area (Å²) < 4.78 is 33.3. The lowest BCUT2D eigenvalue weighted by atomic mass is 10.1. The van der Waals surface area contributed by atoms with E-state index in [1.807, 2.05) is 13.8 Å². The summed E-state index contributed by atoms with van der Waals surface area (Å²) in [7, 11) is -3.64. The highest BCUT2D eigenvalue weighted by Gasteiger charge is 2.31. The van der Waals surface area contributed by atoms with Crippen LogP contribution in [0.5, 0.6) is 0 Å². The largest absolute Gasteiger partial charge is 0.441 e. The van der Waals surface area contributed by atoms with Crippen molar-refractivity contribution >= 4 is 32.7 Å². The number of hydrogen-bond acceptors (Lipinski definition) is 5. The number of nitrogens with one attached hydrogen (secondary N) is 1. The molecule has 1 unspecified atom stereocenters. The van der Waals surface area contributed by atoms with Crippen molar-refractivity contribution in [2.45, 2.75) is 50.5 Å². The number of hydrogen-bond donors (Lipinski definition) is 1. The van der Waals surface area contributed by atoms with Gasteiger partial charge >= 0.3 is 0 Å². The van der Waals surface area contributed by atoms with Crippen LogP contribution < -0.4 is 5.32 Å². The fourth-order valence-corrected chi connectivity index (χ4v) is 5.52. The van der Waals surface area contributed by atoms with Gasteiger partial charge in [-0.1, -0.05) is 19.4 Å². The maximum atomic E-state index is 13.1. The quantitative estimate of drug-likeness (QED) is 0.659. The molecule has 2 heterocycles. The highest BCUT2D eigenvalue weighted by atomic mass is 32.2. The lowest BCUT2D eigenvalue weighted by Crippen LogP contribution is -2.41. The van der Waals surface area contributed by atoms with Crippen molar-refractivity contribution in [2.24, 2.45) is 0 Å². The summed E-state index contributed by atoms with van der Waals surface area (Å²) in [5.41, 5.74) is 2.19. The Morgan fingerprint density at radius 1 is 1.23 bits per heavy atom. The second kappa shape index (κ2) is 8.20. The van der Waals surface area contributed by atoms with Gasteiger partial charge in [0.15, 0.2) is 11.5 Å². The molecule has 0 saturated carbocycles. The van der Waals surface area contributed by atoms with Crippen LogP contribution in [-0.4, -0.2) is 36.2 Å². The Balaban J connectivity index is 1.56. The molecule has 0 aliphatic carbocycles. The zero-order valence-corrected chi connectivity index (χ0v) is 17.9. The summed E-state index contributed by atoms with van der Waals surface area (Å²) in [5, 5.41) is 2.82. The smallest absolute Gasteiger partial charge is 0.255 e. The van der Waals surface area contributed by atoms with E-state index in [2.05, 4.69) is 10.3 Å². The number of aryl methyl sites for hydroxylation is 1. The fourth-order valence-electron chi connectivity index (χ4n) is 3.77. The number of benzene rings is 2. The zero-order chi connectivity index (χ0) is 21.3. The molecular formula is C22H25N3O4S. The minimum atomic E-state index is -3.64. The SMILES string of the molecule is CCc1nc2cc(NC(=O)c3cccc(S(=O)(=O)N4CCCCC4C)c3)ccc2o1. The van der Waals surface area contributed by atoms with Gasteiger partial charge in [0.1, 0.15) is 5.52 Å². The number of carbonyl (C=O) groups excluding carboxylic acids is 1. The highest BCUT2D eigenvalue weighted by molar-refractivity contribution is 7.89. The Bertz CT molecular complexity index is 1190. The molecule has 7 nitrogen and oxygen atoms in total. The first-order chi connectivity index (χ1) is 14.4. The van der Waals surface area contributed by atoms with Gasteiger partial charge in [0.2, 0.25) is 10.0 Å². The van der Waals surface area contributed by atoms with Gasteiger partial charge in [0, 0.05) is 30.3 Å². The van der Waals surface area contributed by atoms with Crippen molar-refractivity contribution in [3.8, 4) is 0 Å². The molecule has 158 valence electrons. The van der Waals surface area contributed by atoms with Crippen LogP contribution in [0.1, 0.15) is 49.4 Å². The summed E-state index contributed by atoms with van der Waals surface area (Å²) in [5.74, 6) is 0.260. The molecule has 0 radical (unpaired) electrons. The second-order valence-electron chi connectivity index (χ2n) is 7.59. The third kappa shape index (κ3) is 3.97. The van der Waals surface area contributed by atoms with E-state index in [1.165, 1.54) is 10.4 Å². The van der Waals surface area contributed by atoms with Gasteiger partial charge in [0.05, 0.1) is 4.90 Å². The van der Waals surface area contributed by atoms with E-state index < -0.39 is 10.0 Å². The zero-order valence-electron chi connectivity index (χ0n) is 17.1. The monoisotopic (exact) mass is 427 g/mol. The average molecular weight is 428 g/mol. The van der Waals surface area contributed by atoms with Crippen LogP contribution in [0, 0.1) is 0 Å². The van der Waals surface area contributed by atoms with Crippen molar-refractivity contribution in [1.82, 2.24) is 9.29 Å². The van der Waals surface area contributed by atoms with Crippen molar-refractivity contribution in [3.63, 3.8) is 0 Å². The minimum absolute atomic E-state index is 0.0385. The maximum absolute atomic E-state index is 13.1. The van der Waals surface area contributed by atoms with Gasteiger partial charge < -0.3 is 9.73 Å². The molecular weight excluding hydrogens is 402 g/mol. The number of sulfonamides is 1. The topological polar surface area (TPSA) is 92.5 Å². The van der Waals surface area contributed by atoms with E-state index in [4.69, 9.17) is 4.42 Å². The van der Waals surface area contributed by atoms with Gasteiger partial charge in [-0.3, -0.25) is 4.79 Å². The molecule has 0 bridgehead atoms. The van der Waals surface area contributed by atoms with Crippen molar-refractivity contribution in [2.75, 3.05) is 11.9 Å². The Kier molecular flexibility index (Phi) is 5.62. The van der Waals surface area contributed by atoms with E-state index in [0.717, 1.165) is 19.3 Å². The first-order valence-electron chi connectivity index (χ1n) is 10.2. The van der Waals surface area contributed by atoms with Gasteiger partial charge in [0.25, 0.3) is 5.91 Å². The standard InChI is InChI=1S/C22H25N3O4S/c1-3-21-24-19-14-17(10-11-20(19)29-21)23-22(26)16-8-6-9-18(13-16)30(27,28)25-12-5-4-7-15(25)2/h6,8-11,13-15H,3-5,7,12H2,1-2H3,(H,23,26). The van der Waals surface area contributed by atoms with Crippen LogP contribution >= 0.6 is 0 Å². The Labute approximate surface area is 176 Å². The molecule has 1 aromatic heterocycles. The van der Waals surface area contributed by atoms with Crippen molar-refractivity contribution in [3.05, 3.63) is 53.9 Å². The number of piperidine rings is 1. The van der Waals surface area contributed by atoms with E-state index in [0.29, 0.717) is 35.6 Å². The van der Waals surface area contributed by atoms with Crippen LogP contribution in [0.3, 0.4) is 0 Å². The Morgan fingerprint density at radius 2 is 2.07 bits per heavy atom. The number of nitrogens with zero attached hydrogens (tertiary/aromatic N) is 2. The minimum Gasteiger partial charge on any atom is -0.441 e. The summed E-state index contributed by atoms with van der Waals surface area (Å²) in [6.07, 6.45) is 3.43. The number of anilines is 1. The summed E-state index contributed by atoms with van der Waals surface area (Å²) >= 11 is 0. The van der Waals surface area contributed by atoms with E-state index in [1.54, 1.807) is 36.4 Å². The third-order valence-electron chi connectivity index (χ3n) is 5.44. The average Bonchev–Trinajstić information content (AvgIpc) is 3.16. The van der Waals surface area contributed by atoms with Gasteiger partial charge in [-0.15, -0.1) is 0 Å². The van der Waals surface area contributed by atoms with Crippen molar-refractivity contribution in [1.29, 1.82) is 0 Å². The molecule has 1 atom stereocenters. The van der Waals surface area contributed by atoms with Gasteiger partial charge in [-0.25, -0.2) is 13.4 Å². The van der Waals surface area contributed by atoms with Gasteiger partial charge in [-0.05, 0) is 56.2 Å². The van der Waals surface area contributed by atoms with Crippen LogP contribution in [0.25, 0.3) is 11.1 Å². The van der Waals surface area contributed by atoms with E-state index >= 15 is 0 Å². The number of amides is 1. The van der Waals surface area contributed by atoms with Crippen LogP contribution in [0.15, 0.2) is 51.8 Å². The Morgan fingerprint density at radius 3 is 2.83 bits per heavy atom. The molecule has 1 aliphatic rings. The number of carbonyl (C=O) groups is 1. The number of oxazole rings is 1. The van der Waals surface area contributed by atoms with Gasteiger partial charge in [-0.2, -0.15) is 4.31 Å². The number of aromatic nitrogens is 1. The number of fused-ring (bicyclic) bond motifs is 1. The summed E-state index contributed by atoms with van der Waals surface area (Å²) in [6, 6.07) is 11.4. The molecule has 1 N–H and O–H groups in total. The Hall–Kier alpha value is -2.71. The first kappa shape index (κ1) is 20.6. The van der Waals surface area contributed by atoms with Crippen LogP contribution in [0.4, 0.5) is 5.69 Å². The third-order valence-corrected chi connectivity index (χ3v) is 7.45. The molecule has 3 aromatic rings. The van der Waals surface area contributed by atoms with E-state index in [9.17, 15) is 13.2 Å².